The van der Waals surface area contributed by atoms with Crippen molar-refractivity contribution in [2.45, 2.75) is 16.2 Å². The molecule has 0 atom stereocenters. The lowest BCUT2D eigenvalue weighted by Gasteiger charge is -2.04. The number of halogens is 1. The Morgan fingerprint density at radius 2 is 2.27 bits per heavy atom. The van der Waals surface area contributed by atoms with Crippen LogP contribution in [0.25, 0.3) is 0 Å². The Labute approximate surface area is 101 Å². The number of nitrogens with two attached hydrogens (primary N) is 1. The van der Waals surface area contributed by atoms with Crippen molar-refractivity contribution >= 4 is 40.6 Å². The fourth-order valence-electron chi connectivity index (χ4n) is 1.04. The molecule has 0 aliphatic carbocycles. The summed E-state index contributed by atoms with van der Waals surface area (Å²) in [5.41, 5.74) is 6.49. The van der Waals surface area contributed by atoms with Crippen molar-refractivity contribution < 1.29 is 0 Å². The van der Waals surface area contributed by atoms with Gasteiger partial charge in [-0.05, 0) is 30.6 Å². The summed E-state index contributed by atoms with van der Waals surface area (Å²) in [5.74, 6) is 0.771. The first-order valence-corrected chi connectivity index (χ1v) is 6.16. The van der Waals surface area contributed by atoms with E-state index in [9.17, 15) is 0 Å². The Morgan fingerprint density at radius 3 is 2.87 bits per heavy atom. The minimum Gasteiger partial charge on any atom is -0.398 e. The molecule has 0 fully saturated rings. The van der Waals surface area contributed by atoms with Crippen molar-refractivity contribution in [3.8, 4) is 0 Å². The molecule has 1 aromatic carbocycles. The number of nitrogens with zero attached hydrogens (tertiary/aromatic N) is 2. The van der Waals surface area contributed by atoms with E-state index >= 15 is 0 Å². The highest BCUT2D eigenvalue weighted by atomic mass is 35.5. The molecule has 2 rings (SSSR count). The quantitative estimate of drug-likeness (QED) is 0.840. The summed E-state index contributed by atoms with van der Waals surface area (Å²) >= 11 is 8.84. The van der Waals surface area contributed by atoms with Crippen molar-refractivity contribution in [1.29, 1.82) is 0 Å². The van der Waals surface area contributed by atoms with Crippen molar-refractivity contribution in [3.05, 3.63) is 29.0 Å². The number of hydrogen-bond donors (Lipinski definition) is 1. The standard InChI is InChI=1S/C9H8ClN3S2/c1-5-12-9(15-13-5)14-8-6(10)3-2-4-7(8)11/h2-4H,11H2,1H3. The van der Waals surface area contributed by atoms with Crippen molar-refractivity contribution in [2.75, 3.05) is 5.73 Å². The fraction of sp³-hybridized carbons (Fsp3) is 0.111. The van der Waals surface area contributed by atoms with Crippen LogP contribution in [0.15, 0.2) is 27.4 Å². The van der Waals surface area contributed by atoms with Crippen LogP contribution in [0.5, 0.6) is 0 Å². The van der Waals surface area contributed by atoms with Gasteiger partial charge in [0.05, 0.1) is 9.92 Å². The number of aryl methyl sites for hydroxylation is 1. The van der Waals surface area contributed by atoms with Crippen molar-refractivity contribution in [2.24, 2.45) is 0 Å². The van der Waals surface area contributed by atoms with Gasteiger partial charge in [0.25, 0.3) is 0 Å². The maximum absolute atomic E-state index is 6.04. The predicted octanol–water partition coefficient (Wildman–Crippen LogP) is 3.23. The number of rotatable bonds is 2. The zero-order valence-corrected chi connectivity index (χ0v) is 10.3. The Bertz CT molecular complexity index is 464. The van der Waals surface area contributed by atoms with E-state index in [1.54, 1.807) is 0 Å². The summed E-state index contributed by atoms with van der Waals surface area (Å²) in [5, 5.41) is 0.646. The highest BCUT2D eigenvalue weighted by Crippen LogP contribution is 2.37. The first kappa shape index (κ1) is 10.7. The van der Waals surface area contributed by atoms with Gasteiger partial charge in [0.15, 0.2) is 4.34 Å². The number of aromatic nitrogens is 2. The highest BCUT2D eigenvalue weighted by molar-refractivity contribution is 8.01. The summed E-state index contributed by atoms with van der Waals surface area (Å²) in [4.78, 5) is 5.09. The zero-order chi connectivity index (χ0) is 10.8. The second-order valence-electron chi connectivity index (χ2n) is 2.87. The molecular formula is C9H8ClN3S2. The molecule has 2 aromatic rings. The highest BCUT2D eigenvalue weighted by Gasteiger charge is 2.09. The molecule has 1 aromatic heterocycles. The molecule has 78 valence electrons. The van der Waals surface area contributed by atoms with E-state index in [1.165, 1.54) is 23.3 Å². The first-order chi connectivity index (χ1) is 7.16. The lowest BCUT2D eigenvalue weighted by molar-refractivity contribution is 1.10. The second-order valence-corrected chi connectivity index (χ2v) is 5.28. The van der Waals surface area contributed by atoms with Gasteiger partial charge in [0.1, 0.15) is 5.82 Å². The Hall–Kier alpha value is -0.780. The van der Waals surface area contributed by atoms with Crippen LogP contribution < -0.4 is 5.73 Å². The molecule has 0 aliphatic rings. The average Bonchev–Trinajstić information content (AvgIpc) is 2.58. The molecule has 15 heavy (non-hydrogen) atoms. The van der Waals surface area contributed by atoms with Gasteiger partial charge in [0, 0.05) is 5.69 Å². The van der Waals surface area contributed by atoms with Crippen molar-refractivity contribution in [3.63, 3.8) is 0 Å². The summed E-state index contributed by atoms with van der Waals surface area (Å²) in [7, 11) is 0. The van der Waals surface area contributed by atoms with E-state index in [-0.39, 0.29) is 0 Å². The third-order valence-corrected chi connectivity index (χ3v) is 4.13. The van der Waals surface area contributed by atoms with Crippen LogP contribution in [0, 0.1) is 6.92 Å². The van der Waals surface area contributed by atoms with Gasteiger partial charge in [-0.3, -0.25) is 0 Å². The van der Waals surface area contributed by atoms with Gasteiger partial charge >= 0.3 is 0 Å². The summed E-state index contributed by atoms with van der Waals surface area (Å²) in [6, 6.07) is 5.46. The van der Waals surface area contributed by atoms with Crippen LogP contribution in [-0.2, 0) is 0 Å². The first-order valence-electron chi connectivity index (χ1n) is 4.19. The molecule has 6 heteroatoms. The molecule has 0 saturated carbocycles. The Balaban J connectivity index is 2.31. The van der Waals surface area contributed by atoms with E-state index in [0.717, 1.165) is 15.1 Å². The smallest absolute Gasteiger partial charge is 0.174 e. The van der Waals surface area contributed by atoms with Gasteiger partial charge in [0.2, 0.25) is 0 Å². The van der Waals surface area contributed by atoms with Crippen LogP contribution in [0.2, 0.25) is 5.02 Å². The molecular weight excluding hydrogens is 250 g/mol. The van der Waals surface area contributed by atoms with Gasteiger partial charge in [-0.2, -0.15) is 4.37 Å². The lowest BCUT2D eigenvalue weighted by atomic mass is 10.3. The number of nitrogen functional groups attached to an aromatic ring is 1. The fourth-order valence-corrected chi connectivity index (χ4v) is 2.98. The van der Waals surface area contributed by atoms with E-state index in [0.29, 0.717) is 10.7 Å². The molecule has 1 heterocycles. The van der Waals surface area contributed by atoms with E-state index in [1.807, 2.05) is 25.1 Å². The minimum atomic E-state index is 0.646. The monoisotopic (exact) mass is 257 g/mol. The molecule has 0 unspecified atom stereocenters. The Kier molecular flexibility index (Phi) is 3.14. The third-order valence-electron chi connectivity index (χ3n) is 1.70. The molecule has 2 N–H and O–H groups in total. The van der Waals surface area contributed by atoms with Gasteiger partial charge in [-0.25, -0.2) is 4.98 Å². The van der Waals surface area contributed by atoms with Crippen molar-refractivity contribution in [1.82, 2.24) is 9.36 Å². The summed E-state index contributed by atoms with van der Waals surface area (Å²) in [6.07, 6.45) is 0. The Morgan fingerprint density at radius 1 is 1.47 bits per heavy atom. The normalized spacial score (nSPS) is 10.5. The van der Waals surface area contributed by atoms with E-state index < -0.39 is 0 Å². The van der Waals surface area contributed by atoms with Gasteiger partial charge in [-0.1, -0.05) is 29.4 Å². The van der Waals surface area contributed by atoms with Gasteiger partial charge < -0.3 is 5.73 Å². The van der Waals surface area contributed by atoms with Crippen LogP contribution in [0.4, 0.5) is 5.69 Å². The van der Waals surface area contributed by atoms with Crippen LogP contribution in [0.1, 0.15) is 5.82 Å². The predicted molar refractivity (Wildman–Crippen MR) is 64.6 cm³/mol. The number of hydrogen-bond acceptors (Lipinski definition) is 5. The lowest BCUT2D eigenvalue weighted by Crippen LogP contribution is -1.88. The molecule has 0 aliphatic heterocycles. The van der Waals surface area contributed by atoms with E-state index in [2.05, 4.69) is 9.36 Å². The van der Waals surface area contributed by atoms with Crippen LogP contribution in [-0.4, -0.2) is 9.36 Å². The number of benzene rings is 1. The summed E-state index contributed by atoms with van der Waals surface area (Å²) < 4.78 is 4.95. The zero-order valence-electron chi connectivity index (χ0n) is 7.90. The largest absolute Gasteiger partial charge is 0.398 e. The summed E-state index contributed by atoms with van der Waals surface area (Å²) in [6.45, 7) is 1.86. The van der Waals surface area contributed by atoms with Crippen LogP contribution in [0.3, 0.4) is 0 Å². The number of anilines is 1. The maximum atomic E-state index is 6.04. The topological polar surface area (TPSA) is 51.8 Å². The average molecular weight is 258 g/mol. The molecule has 0 amide bonds. The SMILES string of the molecule is Cc1nsc(Sc2c(N)cccc2Cl)n1. The van der Waals surface area contributed by atoms with Crippen LogP contribution >= 0.6 is 34.9 Å². The second kappa shape index (κ2) is 4.38. The third kappa shape index (κ3) is 2.42. The van der Waals surface area contributed by atoms with Gasteiger partial charge in [-0.15, -0.1) is 0 Å². The maximum Gasteiger partial charge on any atom is 0.174 e. The minimum absolute atomic E-state index is 0.646. The molecule has 0 bridgehead atoms. The molecule has 3 nitrogen and oxygen atoms in total. The molecule has 0 spiro atoms. The molecule has 0 saturated heterocycles. The molecule has 0 radical (unpaired) electrons. The van der Waals surface area contributed by atoms with E-state index in [4.69, 9.17) is 17.3 Å².